The van der Waals surface area contributed by atoms with Crippen LogP contribution in [0, 0.1) is 5.92 Å². The molecular weight excluding hydrogens is 180 g/mol. The fourth-order valence-electron chi connectivity index (χ4n) is 1.08. The molecule has 1 saturated heterocycles. The molecule has 5 heteroatoms. The zero-order chi connectivity index (χ0) is 8.10. The molecule has 1 aliphatic heterocycles. The molecule has 1 unspecified atom stereocenters. The van der Waals surface area contributed by atoms with Gasteiger partial charge in [-0.25, -0.2) is 0 Å². The Bertz CT molecular complexity index is 135. The molecule has 12 heavy (non-hydrogen) atoms. The Labute approximate surface area is 78.5 Å². The van der Waals surface area contributed by atoms with Crippen molar-refractivity contribution in [2.45, 2.75) is 0 Å². The van der Waals surface area contributed by atoms with E-state index in [1.54, 1.807) is 7.05 Å². The molecule has 1 rings (SSSR count). The molecule has 0 spiro atoms. The van der Waals surface area contributed by atoms with Gasteiger partial charge in [0, 0.05) is 20.1 Å². The Kier molecular flexibility index (Phi) is 6.06. The van der Waals surface area contributed by atoms with Crippen LogP contribution in [0.5, 0.6) is 0 Å². The molecule has 1 fully saturated rings. The zero-order valence-corrected chi connectivity index (χ0v) is 7.95. The van der Waals surface area contributed by atoms with Gasteiger partial charge in [0.25, 0.3) is 0 Å². The molecule has 0 aliphatic carbocycles. The summed E-state index contributed by atoms with van der Waals surface area (Å²) in [6, 6.07) is 0. The van der Waals surface area contributed by atoms with E-state index < -0.39 is 0 Å². The van der Waals surface area contributed by atoms with E-state index in [1.807, 2.05) is 0 Å². The van der Waals surface area contributed by atoms with Crippen LogP contribution in [0.1, 0.15) is 0 Å². The minimum absolute atomic E-state index is 0. The van der Waals surface area contributed by atoms with Gasteiger partial charge in [0.05, 0.1) is 19.1 Å². The molecule has 2 N–H and O–H groups in total. The second-order valence-corrected chi connectivity index (χ2v) is 2.59. The second-order valence-electron chi connectivity index (χ2n) is 2.59. The largest absolute Gasteiger partial charge is 0.379 e. The number of carbonyl (C=O) groups is 1. The molecule has 1 atom stereocenters. The van der Waals surface area contributed by atoms with Crippen LogP contribution < -0.4 is 10.6 Å². The van der Waals surface area contributed by atoms with Crippen LogP contribution in [0.3, 0.4) is 0 Å². The highest BCUT2D eigenvalue weighted by atomic mass is 35.5. The Morgan fingerprint density at radius 1 is 1.67 bits per heavy atom. The van der Waals surface area contributed by atoms with Gasteiger partial charge >= 0.3 is 0 Å². The zero-order valence-electron chi connectivity index (χ0n) is 7.13. The van der Waals surface area contributed by atoms with Crippen molar-refractivity contribution in [3.05, 3.63) is 0 Å². The monoisotopic (exact) mass is 194 g/mol. The lowest BCUT2D eigenvalue weighted by Gasteiger charge is -2.10. The van der Waals surface area contributed by atoms with Gasteiger partial charge in [0.15, 0.2) is 0 Å². The maximum absolute atomic E-state index is 11.1. The summed E-state index contributed by atoms with van der Waals surface area (Å²) in [5.41, 5.74) is 0. The van der Waals surface area contributed by atoms with Crippen molar-refractivity contribution in [3.63, 3.8) is 0 Å². The van der Waals surface area contributed by atoms with Crippen molar-refractivity contribution in [1.82, 2.24) is 10.6 Å². The first-order valence-corrected chi connectivity index (χ1v) is 3.84. The average Bonchev–Trinajstić information content (AvgIpc) is 2.30. The van der Waals surface area contributed by atoms with E-state index in [0.29, 0.717) is 13.2 Å². The Morgan fingerprint density at radius 2 is 2.42 bits per heavy atom. The Morgan fingerprint density at radius 3 is 3.08 bits per heavy atom. The van der Waals surface area contributed by atoms with E-state index in [1.165, 1.54) is 0 Å². The summed E-state index contributed by atoms with van der Waals surface area (Å²) in [6.45, 7) is 2.80. The van der Waals surface area contributed by atoms with E-state index in [2.05, 4.69) is 10.6 Å². The van der Waals surface area contributed by atoms with Crippen LogP contribution in [0.25, 0.3) is 0 Å². The highest BCUT2D eigenvalue weighted by Gasteiger charge is 2.18. The van der Waals surface area contributed by atoms with Crippen LogP contribution in [0.15, 0.2) is 0 Å². The molecule has 0 aromatic carbocycles. The van der Waals surface area contributed by atoms with E-state index in [9.17, 15) is 4.79 Å². The van der Waals surface area contributed by atoms with Crippen molar-refractivity contribution in [2.75, 3.05) is 33.4 Å². The molecule has 4 nitrogen and oxygen atoms in total. The standard InChI is InChI=1S/C7H14N2O2.ClH/c1-8-7(10)6-4-9-2-3-11-5-6;/h6,9H,2-5H2,1H3,(H,8,10);1H. The number of halogens is 1. The van der Waals surface area contributed by atoms with Crippen LogP contribution >= 0.6 is 12.4 Å². The summed E-state index contributed by atoms with van der Waals surface area (Å²) in [6.07, 6.45) is 0. The summed E-state index contributed by atoms with van der Waals surface area (Å²) in [4.78, 5) is 11.1. The first-order valence-electron chi connectivity index (χ1n) is 3.84. The van der Waals surface area contributed by atoms with Crippen molar-refractivity contribution >= 4 is 18.3 Å². The van der Waals surface area contributed by atoms with Crippen molar-refractivity contribution in [2.24, 2.45) is 5.92 Å². The summed E-state index contributed by atoms with van der Waals surface area (Å²) in [5.74, 6) is 0.0295. The number of rotatable bonds is 1. The van der Waals surface area contributed by atoms with Gasteiger partial charge in [-0.1, -0.05) is 0 Å². The predicted octanol–water partition coefficient (Wildman–Crippen LogP) is -0.610. The van der Waals surface area contributed by atoms with Crippen molar-refractivity contribution in [1.29, 1.82) is 0 Å². The number of nitrogens with one attached hydrogen (secondary N) is 2. The number of ether oxygens (including phenoxy) is 1. The first-order chi connectivity index (χ1) is 5.34. The maximum Gasteiger partial charge on any atom is 0.226 e. The summed E-state index contributed by atoms with van der Waals surface area (Å²) < 4.78 is 5.21. The van der Waals surface area contributed by atoms with Gasteiger partial charge in [-0.2, -0.15) is 0 Å². The van der Waals surface area contributed by atoms with E-state index in [0.717, 1.165) is 13.1 Å². The number of hydrogen-bond donors (Lipinski definition) is 2. The molecule has 0 radical (unpaired) electrons. The van der Waals surface area contributed by atoms with Crippen molar-refractivity contribution < 1.29 is 9.53 Å². The molecule has 72 valence electrons. The van der Waals surface area contributed by atoms with Crippen LogP contribution in [0.4, 0.5) is 0 Å². The third-order valence-corrected chi connectivity index (χ3v) is 1.75. The second kappa shape index (κ2) is 6.22. The van der Waals surface area contributed by atoms with Gasteiger partial charge < -0.3 is 15.4 Å². The molecule has 1 aliphatic rings. The van der Waals surface area contributed by atoms with E-state index in [-0.39, 0.29) is 24.2 Å². The van der Waals surface area contributed by atoms with E-state index in [4.69, 9.17) is 4.74 Å². The molecule has 0 bridgehead atoms. The Hall–Kier alpha value is -0.320. The van der Waals surface area contributed by atoms with Crippen LogP contribution in [0.2, 0.25) is 0 Å². The summed E-state index contributed by atoms with van der Waals surface area (Å²) in [5, 5.41) is 5.73. The molecule has 1 heterocycles. The van der Waals surface area contributed by atoms with Gasteiger partial charge in [-0.05, 0) is 0 Å². The van der Waals surface area contributed by atoms with Crippen LogP contribution in [-0.2, 0) is 9.53 Å². The van der Waals surface area contributed by atoms with Crippen molar-refractivity contribution in [3.8, 4) is 0 Å². The first kappa shape index (κ1) is 11.7. The fraction of sp³-hybridized carbons (Fsp3) is 0.857. The van der Waals surface area contributed by atoms with E-state index >= 15 is 0 Å². The average molecular weight is 195 g/mol. The molecule has 0 aromatic heterocycles. The summed E-state index contributed by atoms with van der Waals surface area (Å²) in [7, 11) is 1.65. The summed E-state index contributed by atoms with van der Waals surface area (Å²) >= 11 is 0. The lowest BCUT2D eigenvalue weighted by molar-refractivity contribution is -0.125. The normalized spacial score (nSPS) is 23.6. The fourth-order valence-corrected chi connectivity index (χ4v) is 1.08. The van der Waals surface area contributed by atoms with Gasteiger partial charge in [0.2, 0.25) is 5.91 Å². The Balaban J connectivity index is 0.00000121. The minimum Gasteiger partial charge on any atom is -0.379 e. The quantitative estimate of drug-likeness (QED) is 0.586. The maximum atomic E-state index is 11.1. The molecular formula is C7H15ClN2O2. The van der Waals surface area contributed by atoms with Gasteiger partial charge in [0.1, 0.15) is 0 Å². The van der Waals surface area contributed by atoms with Crippen LogP contribution in [-0.4, -0.2) is 39.3 Å². The smallest absolute Gasteiger partial charge is 0.226 e. The van der Waals surface area contributed by atoms with Gasteiger partial charge in [-0.3, -0.25) is 4.79 Å². The highest BCUT2D eigenvalue weighted by molar-refractivity contribution is 5.85. The predicted molar refractivity (Wildman–Crippen MR) is 48.5 cm³/mol. The van der Waals surface area contributed by atoms with Gasteiger partial charge in [-0.15, -0.1) is 12.4 Å². The lowest BCUT2D eigenvalue weighted by Crippen LogP contribution is -2.35. The number of amides is 1. The third kappa shape index (κ3) is 3.38. The lowest BCUT2D eigenvalue weighted by atomic mass is 10.1. The molecule has 0 aromatic rings. The SMILES string of the molecule is CNC(=O)C1CNCCOC1.Cl. The third-order valence-electron chi connectivity index (χ3n) is 1.75. The molecule has 1 amide bonds. The minimum atomic E-state index is -0.0255. The number of hydrogen-bond acceptors (Lipinski definition) is 3. The number of carbonyl (C=O) groups excluding carboxylic acids is 1. The highest BCUT2D eigenvalue weighted by Crippen LogP contribution is 1.98. The topological polar surface area (TPSA) is 50.4 Å². The molecule has 0 saturated carbocycles.